The predicted octanol–water partition coefficient (Wildman–Crippen LogP) is 1.86. The second-order valence-corrected chi connectivity index (χ2v) is 8.17. The number of nitrogens with one attached hydrogen (secondary N) is 2. The SMILES string of the molecule is CN(c1ccc(-c2ccc(-n3cccn3)c(N)c2C=N)nn1)C1C[C@H]2COC[C@@H](C1)N2. The topological polar surface area (TPSA) is 118 Å². The van der Waals surface area contributed by atoms with Gasteiger partial charge in [-0.15, -0.1) is 10.2 Å². The van der Waals surface area contributed by atoms with Crippen molar-refractivity contribution >= 4 is 17.7 Å². The van der Waals surface area contributed by atoms with Gasteiger partial charge >= 0.3 is 0 Å². The molecule has 2 aliphatic rings. The van der Waals surface area contributed by atoms with Gasteiger partial charge in [-0.3, -0.25) is 0 Å². The van der Waals surface area contributed by atoms with Crippen molar-refractivity contribution in [1.82, 2.24) is 25.3 Å². The van der Waals surface area contributed by atoms with E-state index in [1.54, 1.807) is 10.9 Å². The van der Waals surface area contributed by atoms with E-state index < -0.39 is 0 Å². The maximum atomic E-state index is 7.90. The smallest absolute Gasteiger partial charge is 0.151 e. The van der Waals surface area contributed by atoms with E-state index in [2.05, 4.69) is 32.6 Å². The van der Waals surface area contributed by atoms with Gasteiger partial charge in [-0.2, -0.15) is 5.10 Å². The summed E-state index contributed by atoms with van der Waals surface area (Å²) >= 11 is 0. The Labute approximate surface area is 180 Å². The van der Waals surface area contributed by atoms with E-state index in [4.69, 9.17) is 15.9 Å². The standard InChI is InChI=1S/C22H26N8O/c1-29(16-9-14-12-31-13-15(10-16)26-14)21-6-4-19(27-28-21)17-3-5-20(22(24)18(17)11-23)30-8-2-7-25-30/h2-8,11,14-16,23,26H,9-10,12-13,24H2,1H3/t14-,15+,16?. The molecular formula is C22H26N8O. The van der Waals surface area contributed by atoms with Crippen molar-refractivity contribution in [2.75, 3.05) is 30.9 Å². The molecule has 2 aromatic heterocycles. The first-order valence-electron chi connectivity index (χ1n) is 10.5. The quantitative estimate of drug-likeness (QED) is 0.428. The summed E-state index contributed by atoms with van der Waals surface area (Å²) in [5.74, 6) is 0.840. The number of nitrogen functional groups attached to an aromatic ring is 1. The fraction of sp³-hybridized carbons (Fsp3) is 0.364. The molecular weight excluding hydrogens is 392 g/mol. The fourth-order valence-corrected chi connectivity index (χ4v) is 4.58. The molecule has 2 bridgehead atoms. The highest BCUT2D eigenvalue weighted by molar-refractivity contribution is 5.96. The average Bonchev–Trinajstić information content (AvgIpc) is 3.33. The average molecular weight is 419 g/mol. The van der Waals surface area contributed by atoms with Crippen LogP contribution < -0.4 is 16.0 Å². The Bertz CT molecular complexity index is 1050. The van der Waals surface area contributed by atoms with Crippen LogP contribution in [0.4, 0.5) is 11.5 Å². The highest BCUT2D eigenvalue weighted by Gasteiger charge is 2.34. The molecule has 0 spiro atoms. The predicted molar refractivity (Wildman–Crippen MR) is 120 cm³/mol. The molecule has 4 N–H and O–H groups in total. The highest BCUT2D eigenvalue weighted by Crippen LogP contribution is 2.31. The van der Waals surface area contributed by atoms with Crippen molar-refractivity contribution in [2.45, 2.75) is 31.0 Å². The third-order valence-electron chi connectivity index (χ3n) is 6.22. The van der Waals surface area contributed by atoms with Crippen LogP contribution in [0.3, 0.4) is 0 Å². The van der Waals surface area contributed by atoms with E-state index in [0.717, 1.165) is 43.1 Å². The molecule has 2 saturated heterocycles. The first-order chi connectivity index (χ1) is 15.1. The van der Waals surface area contributed by atoms with Crippen molar-refractivity contribution in [1.29, 1.82) is 5.41 Å². The van der Waals surface area contributed by atoms with Gasteiger partial charge in [0.2, 0.25) is 0 Å². The molecule has 2 fully saturated rings. The van der Waals surface area contributed by atoms with Crippen LogP contribution in [0.2, 0.25) is 0 Å². The summed E-state index contributed by atoms with van der Waals surface area (Å²) in [7, 11) is 2.08. The molecule has 5 rings (SSSR count). The van der Waals surface area contributed by atoms with E-state index in [9.17, 15) is 0 Å². The van der Waals surface area contributed by atoms with Crippen LogP contribution in [0, 0.1) is 5.41 Å². The number of hydrogen-bond acceptors (Lipinski definition) is 8. The Balaban J connectivity index is 1.40. The number of nitrogens with zero attached hydrogens (tertiary/aromatic N) is 5. The highest BCUT2D eigenvalue weighted by atomic mass is 16.5. The molecule has 3 atom stereocenters. The normalized spacial score (nSPS) is 22.8. The molecule has 0 amide bonds. The Hall–Kier alpha value is -3.30. The van der Waals surface area contributed by atoms with Gasteiger partial charge in [0.25, 0.3) is 0 Å². The fourth-order valence-electron chi connectivity index (χ4n) is 4.58. The van der Waals surface area contributed by atoms with E-state index in [1.807, 2.05) is 36.5 Å². The molecule has 160 valence electrons. The third-order valence-corrected chi connectivity index (χ3v) is 6.22. The number of rotatable bonds is 5. The number of aromatic nitrogens is 4. The molecule has 1 aromatic carbocycles. The summed E-state index contributed by atoms with van der Waals surface area (Å²) in [4.78, 5) is 2.22. The van der Waals surface area contributed by atoms with Crippen LogP contribution in [0.1, 0.15) is 18.4 Å². The number of nitrogens with two attached hydrogens (primary N) is 1. The van der Waals surface area contributed by atoms with Crippen molar-refractivity contribution in [3.8, 4) is 16.9 Å². The van der Waals surface area contributed by atoms with Crippen LogP contribution in [-0.2, 0) is 4.74 Å². The van der Waals surface area contributed by atoms with E-state index in [-0.39, 0.29) is 0 Å². The maximum Gasteiger partial charge on any atom is 0.151 e. The summed E-state index contributed by atoms with van der Waals surface area (Å²) in [6, 6.07) is 10.8. The largest absolute Gasteiger partial charge is 0.396 e. The lowest BCUT2D eigenvalue weighted by Crippen LogP contribution is -2.58. The Morgan fingerprint density at radius 2 is 2.00 bits per heavy atom. The van der Waals surface area contributed by atoms with Crippen molar-refractivity contribution in [3.63, 3.8) is 0 Å². The summed E-state index contributed by atoms with van der Waals surface area (Å²) in [6.45, 7) is 1.54. The number of anilines is 2. The van der Waals surface area contributed by atoms with E-state index in [0.29, 0.717) is 35.1 Å². The summed E-state index contributed by atoms with van der Waals surface area (Å²) in [6.07, 6.45) is 6.83. The molecule has 3 aromatic rings. The lowest BCUT2D eigenvalue weighted by atomic mass is 9.92. The van der Waals surface area contributed by atoms with E-state index in [1.165, 1.54) is 6.21 Å². The monoisotopic (exact) mass is 418 g/mol. The zero-order valence-corrected chi connectivity index (χ0v) is 17.4. The Morgan fingerprint density at radius 1 is 1.19 bits per heavy atom. The van der Waals surface area contributed by atoms with Crippen molar-refractivity contribution < 1.29 is 4.74 Å². The lowest BCUT2D eigenvalue weighted by Gasteiger charge is -2.43. The van der Waals surface area contributed by atoms with Gasteiger partial charge < -0.3 is 26.1 Å². The van der Waals surface area contributed by atoms with Gasteiger partial charge in [-0.25, -0.2) is 4.68 Å². The minimum atomic E-state index is 0.401. The molecule has 1 unspecified atom stereocenters. The maximum absolute atomic E-state index is 7.90. The molecule has 2 aliphatic heterocycles. The van der Waals surface area contributed by atoms with Crippen LogP contribution in [0.15, 0.2) is 42.7 Å². The number of ether oxygens (including phenoxy) is 1. The zero-order chi connectivity index (χ0) is 21.4. The second kappa shape index (κ2) is 8.09. The molecule has 0 aliphatic carbocycles. The van der Waals surface area contributed by atoms with E-state index >= 15 is 0 Å². The van der Waals surface area contributed by atoms with Gasteiger partial charge in [0.1, 0.15) is 0 Å². The van der Waals surface area contributed by atoms with Crippen LogP contribution in [0.5, 0.6) is 0 Å². The van der Waals surface area contributed by atoms with Crippen LogP contribution >= 0.6 is 0 Å². The molecule has 9 heteroatoms. The Kier molecular flexibility index (Phi) is 5.13. The van der Waals surface area contributed by atoms with Gasteiger partial charge in [-0.05, 0) is 43.2 Å². The van der Waals surface area contributed by atoms with Gasteiger partial charge in [-0.1, -0.05) is 0 Å². The first-order valence-corrected chi connectivity index (χ1v) is 10.5. The lowest BCUT2D eigenvalue weighted by molar-refractivity contribution is 0.0183. The number of piperidine rings is 1. The Morgan fingerprint density at radius 3 is 2.65 bits per heavy atom. The summed E-state index contributed by atoms with van der Waals surface area (Å²) in [5, 5.41) is 24.7. The zero-order valence-electron chi connectivity index (χ0n) is 17.4. The van der Waals surface area contributed by atoms with Gasteiger partial charge in [0, 0.05) is 54.9 Å². The first kappa shape index (κ1) is 19.7. The summed E-state index contributed by atoms with van der Waals surface area (Å²) < 4.78 is 7.35. The molecule has 4 heterocycles. The van der Waals surface area contributed by atoms with Crippen LogP contribution in [0.25, 0.3) is 16.9 Å². The van der Waals surface area contributed by atoms with Gasteiger partial charge in [0.15, 0.2) is 5.82 Å². The number of fused-ring (bicyclic) bond motifs is 2. The number of morpholine rings is 1. The van der Waals surface area contributed by atoms with Crippen molar-refractivity contribution in [2.24, 2.45) is 0 Å². The second-order valence-electron chi connectivity index (χ2n) is 8.17. The minimum absolute atomic E-state index is 0.401. The molecule has 0 radical (unpaired) electrons. The number of benzene rings is 1. The third kappa shape index (κ3) is 3.66. The van der Waals surface area contributed by atoms with Gasteiger partial charge in [0.05, 0.1) is 30.3 Å². The molecule has 31 heavy (non-hydrogen) atoms. The molecule has 0 saturated carbocycles. The van der Waals surface area contributed by atoms with Crippen LogP contribution in [-0.4, -0.2) is 64.6 Å². The minimum Gasteiger partial charge on any atom is -0.396 e. The number of hydrogen-bond donors (Lipinski definition) is 3. The van der Waals surface area contributed by atoms with Crippen molar-refractivity contribution in [3.05, 3.63) is 48.3 Å². The molecule has 9 nitrogen and oxygen atoms in total. The summed E-state index contributed by atoms with van der Waals surface area (Å²) in [5.41, 5.74) is 9.65.